The lowest BCUT2D eigenvalue weighted by Crippen LogP contribution is -2.09. The van der Waals surface area contributed by atoms with Gasteiger partial charge in [-0.15, -0.1) is 11.6 Å². The van der Waals surface area contributed by atoms with Gasteiger partial charge < -0.3 is 9.13 Å². The van der Waals surface area contributed by atoms with E-state index in [9.17, 15) is 0 Å². The predicted molar refractivity (Wildman–Crippen MR) is 81.5 cm³/mol. The molecule has 0 saturated carbocycles. The van der Waals surface area contributed by atoms with Crippen molar-refractivity contribution in [2.24, 2.45) is 7.05 Å². The van der Waals surface area contributed by atoms with Gasteiger partial charge in [-0.3, -0.25) is 0 Å². The number of rotatable bonds is 4. The van der Waals surface area contributed by atoms with Gasteiger partial charge in [-0.05, 0) is 18.2 Å². The molecule has 0 atom stereocenters. The summed E-state index contributed by atoms with van der Waals surface area (Å²) in [4.78, 5) is 9.00. The van der Waals surface area contributed by atoms with Gasteiger partial charge in [-0.25, -0.2) is 9.97 Å². The van der Waals surface area contributed by atoms with Crippen molar-refractivity contribution in [3.05, 3.63) is 47.3 Å². The highest BCUT2D eigenvalue weighted by Gasteiger charge is 2.12. The van der Waals surface area contributed by atoms with Gasteiger partial charge in [0.05, 0.1) is 17.6 Å². The second-order valence-electron chi connectivity index (χ2n) is 4.64. The molecule has 0 amide bonds. The third-order valence-electron chi connectivity index (χ3n) is 3.33. The molecule has 0 aliphatic rings. The van der Waals surface area contributed by atoms with Gasteiger partial charge >= 0.3 is 0 Å². The number of halogens is 2. The summed E-state index contributed by atoms with van der Waals surface area (Å²) in [7, 11) is 1.99. The summed E-state index contributed by atoms with van der Waals surface area (Å²) >= 11 is 11.9. The molecule has 3 aromatic rings. The molecule has 2 heterocycles. The van der Waals surface area contributed by atoms with Crippen molar-refractivity contribution in [2.45, 2.75) is 13.0 Å². The van der Waals surface area contributed by atoms with Gasteiger partial charge in [0, 0.05) is 36.8 Å². The van der Waals surface area contributed by atoms with Crippen molar-refractivity contribution in [2.75, 3.05) is 5.88 Å². The van der Waals surface area contributed by atoms with Crippen LogP contribution in [-0.4, -0.2) is 25.0 Å². The number of hydrogen-bond acceptors (Lipinski definition) is 2. The Morgan fingerprint density at radius 3 is 2.80 bits per heavy atom. The number of alkyl halides is 1. The average Bonchev–Trinajstić information content (AvgIpc) is 2.96. The largest absolute Gasteiger partial charge is 0.337 e. The topological polar surface area (TPSA) is 35.6 Å². The van der Waals surface area contributed by atoms with Crippen LogP contribution < -0.4 is 0 Å². The van der Waals surface area contributed by atoms with Gasteiger partial charge in [0.15, 0.2) is 0 Å². The van der Waals surface area contributed by atoms with Gasteiger partial charge in [0.1, 0.15) is 11.6 Å². The maximum absolute atomic E-state index is 6.03. The van der Waals surface area contributed by atoms with Crippen molar-refractivity contribution >= 4 is 34.2 Å². The summed E-state index contributed by atoms with van der Waals surface area (Å²) < 4.78 is 4.16. The van der Waals surface area contributed by atoms with Crippen LogP contribution in [0.25, 0.3) is 11.0 Å². The zero-order chi connectivity index (χ0) is 14.1. The number of imidazole rings is 2. The molecule has 1 aromatic carbocycles. The number of benzene rings is 1. The molecule has 0 aliphatic heterocycles. The molecule has 0 unspecified atom stereocenters. The van der Waals surface area contributed by atoms with E-state index in [4.69, 9.17) is 23.2 Å². The van der Waals surface area contributed by atoms with Crippen LogP contribution >= 0.6 is 23.2 Å². The number of hydrogen-bond donors (Lipinski definition) is 0. The first-order valence-corrected chi connectivity index (χ1v) is 7.27. The van der Waals surface area contributed by atoms with E-state index in [1.165, 1.54) is 0 Å². The highest BCUT2D eigenvalue weighted by atomic mass is 35.5. The summed E-state index contributed by atoms with van der Waals surface area (Å²) in [6.45, 7) is 0.674. The third kappa shape index (κ3) is 2.41. The number of nitrogens with zero attached hydrogens (tertiary/aromatic N) is 4. The van der Waals surface area contributed by atoms with Crippen molar-refractivity contribution in [3.8, 4) is 0 Å². The second kappa shape index (κ2) is 5.46. The molecule has 3 rings (SSSR count). The Labute approximate surface area is 127 Å². The molecule has 104 valence electrons. The Hall–Kier alpha value is -1.52. The first kappa shape index (κ1) is 13.5. The third-order valence-corrected chi connectivity index (χ3v) is 3.75. The minimum Gasteiger partial charge on any atom is -0.337 e. The summed E-state index contributed by atoms with van der Waals surface area (Å²) in [6, 6.07) is 5.75. The number of aromatic nitrogens is 4. The van der Waals surface area contributed by atoms with Crippen LogP contribution in [0.4, 0.5) is 0 Å². The molecule has 0 aliphatic carbocycles. The smallest absolute Gasteiger partial charge is 0.128 e. The lowest BCUT2D eigenvalue weighted by Gasteiger charge is -2.08. The van der Waals surface area contributed by atoms with Gasteiger partial charge in [0.2, 0.25) is 0 Å². The van der Waals surface area contributed by atoms with E-state index >= 15 is 0 Å². The number of fused-ring (bicyclic) bond motifs is 1. The standard InChI is InChI=1S/C14H14Cl2N4/c1-19-7-6-17-14(19)9-20-12-3-2-10(16)8-11(12)18-13(20)4-5-15/h2-3,6-8H,4-5,9H2,1H3. The molecule has 0 fully saturated rings. The SMILES string of the molecule is Cn1ccnc1Cn1c(CCCl)nc2cc(Cl)ccc21. The molecule has 4 nitrogen and oxygen atoms in total. The van der Waals surface area contributed by atoms with E-state index in [-0.39, 0.29) is 0 Å². The minimum absolute atomic E-state index is 0.539. The molecule has 0 saturated heterocycles. The zero-order valence-electron chi connectivity index (χ0n) is 11.1. The van der Waals surface area contributed by atoms with Crippen LogP contribution in [-0.2, 0) is 20.0 Å². The van der Waals surface area contributed by atoms with E-state index in [1.807, 2.05) is 36.0 Å². The Morgan fingerprint density at radius 2 is 2.10 bits per heavy atom. The molecule has 20 heavy (non-hydrogen) atoms. The summed E-state index contributed by atoms with van der Waals surface area (Å²) in [6.07, 6.45) is 4.46. The molecule has 6 heteroatoms. The van der Waals surface area contributed by atoms with Crippen LogP contribution in [0.1, 0.15) is 11.6 Å². The van der Waals surface area contributed by atoms with Gasteiger partial charge in [-0.1, -0.05) is 11.6 Å². The van der Waals surface area contributed by atoms with E-state index in [1.54, 1.807) is 6.20 Å². The van der Waals surface area contributed by atoms with Gasteiger partial charge in [-0.2, -0.15) is 0 Å². The highest BCUT2D eigenvalue weighted by Crippen LogP contribution is 2.22. The molecule has 0 spiro atoms. The first-order valence-electron chi connectivity index (χ1n) is 6.36. The molecular weight excluding hydrogens is 295 g/mol. The maximum atomic E-state index is 6.03. The lowest BCUT2D eigenvalue weighted by molar-refractivity contribution is 0.682. The monoisotopic (exact) mass is 308 g/mol. The van der Waals surface area contributed by atoms with Crippen LogP contribution in [0.5, 0.6) is 0 Å². The summed E-state index contributed by atoms with van der Waals surface area (Å²) in [5, 5.41) is 0.691. The second-order valence-corrected chi connectivity index (χ2v) is 5.45. The zero-order valence-corrected chi connectivity index (χ0v) is 12.6. The Kier molecular flexibility index (Phi) is 3.68. The maximum Gasteiger partial charge on any atom is 0.128 e. The van der Waals surface area contributed by atoms with E-state index in [0.29, 0.717) is 17.4 Å². The highest BCUT2D eigenvalue weighted by molar-refractivity contribution is 6.31. The van der Waals surface area contributed by atoms with Crippen LogP contribution in [0.2, 0.25) is 5.02 Å². The van der Waals surface area contributed by atoms with Crippen LogP contribution in [0.3, 0.4) is 0 Å². The summed E-state index contributed by atoms with van der Waals surface area (Å²) in [5.41, 5.74) is 1.95. The van der Waals surface area contributed by atoms with Crippen LogP contribution in [0.15, 0.2) is 30.6 Å². The Bertz CT molecular complexity index is 745. The quantitative estimate of drug-likeness (QED) is 0.694. The minimum atomic E-state index is 0.539. The van der Waals surface area contributed by atoms with Crippen molar-refractivity contribution in [1.29, 1.82) is 0 Å². The van der Waals surface area contributed by atoms with Crippen LogP contribution in [0, 0.1) is 0 Å². The van der Waals surface area contributed by atoms with E-state index < -0.39 is 0 Å². The van der Waals surface area contributed by atoms with E-state index in [2.05, 4.69) is 14.5 Å². The molecule has 2 aromatic heterocycles. The Balaban J connectivity index is 2.11. The fraction of sp³-hybridized carbons (Fsp3) is 0.286. The fourth-order valence-electron chi connectivity index (χ4n) is 2.29. The molecule has 0 N–H and O–H groups in total. The van der Waals surface area contributed by atoms with Crippen molar-refractivity contribution in [3.63, 3.8) is 0 Å². The average molecular weight is 309 g/mol. The van der Waals surface area contributed by atoms with Crippen molar-refractivity contribution < 1.29 is 0 Å². The van der Waals surface area contributed by atoms with E-state index in [0.717, 1.165) is 29.1 Å². The lowest BCUT2D eigenvalue weighted by atomic mass is 10.3. The molecule has 0 bridgehead atoms. The predicted octanol–water partition coefficient (Wildman–Crippen LogP) is 3.25. The number of aryl methyl sites for hydroxylation is 2. The molecular formula is C14H14Cl2N4. The molecule has 0 radical (unpaired) electrons. The normalized spacial score (nSPS) is 11.3. The van der Waals surface area contributed by atoms with Gasteiger partial charge in [0.25, 0.3) is 0 Å². The fourth-order valence-corrected chi connectivity index (χ4v) is 2.63. The van der Waals surface area contributed by atoms with Crippen molar-refractivity contribution in [1.82, 2.24) is 19.1 Å². The first-order chi connectivity index (χ1) is 9.69. The summed E-state index contributed by atoms with van der Waals surface area (Å²) in [5.74, 6) is 2.48. The Morgan fingerprint density at radius 1 is 1.25 bits per heavy atom.